The van der Waals surface area contributed by atoms with Crippen LogP contribution in [0.3, 0.4) is 0 Å². The van der Waals surface area contributed by atoms with Gasteiger partial charge in [0.2, 0.25) is 0 Å². The topological polar surface area (TPSA) is 59.6 Å². The summed E-state index contributed by atoms with van der Waals surface area (Å²) >= 11 is 3.44. The number of aryl methyl sites for hydroxylation is 1. The molecule has 2 aromatic carbocycles. The fourth-order valence-electron chi connectivity index (χ4n) is 2.46. The number of amides is 2. The van der Waals surface area contributed by atoms with Crippen molar-refractivity contribution in [2.45, 2.75) is 13.3 Å². The highest BCUT2D eigenvalue weighted by Gasteiger charge is 2.11. The van der Waals surface area contributed by atoms with Gasteiger partial charge in [0.25, 0.3) is 0 Å². The highest BCUT2D eigenvalue weighted by atomic mass is 79.9. The van der Waals surface area contributed by atoms with E-state index >= 15 is 0 Å². The summed E-state index contributed by atoms with van der Waals surface area (Å²) in [5.74, 6) is 1.55. The highest BCUT2D eigenvalue weighted by molar-refractivity contribution is 9.10. The number of nitrogens with one attached hydrogen (secondary N) is 2. The van der Waals surface area contributed by atoms with Crippen LogP contribution in [0, 0.1) is 6.92 Å². The van der Waals surface area contributed by atoms with E-state index in [9.17, 15) is 4.79 Å². The number of ether oxygens (including phenoxy) is 2. The Labute approximate surface area is 149 Å². The Bertz CT molecular complexity index is 749. The smallest absolute Gasteiger partial charge is 0.319 e. The van der Waals surface area contributed by atoms with Gasteiger partial charge in [-0.25, -0.2) is 4.79 Å². The molecule has 0 saturated carbocycles. The van der Waals surface area contributed by atoms with E-state index in [4.69, 9.17) is 9.47 Å². The molecule has 0 unspecified atom stereocenters. The Morgan fingerprint density at radius 3 is 2.71 bits per heavy atom. The maximum absolute atomic E-state index is 12.0. The van der Waals surface area contributed by atoms with Crippen LogP contribution in [0.5, 0.6) is 11.5 Å². The van der Waals surface area contributed by atoms with Crippen molar-refractivity contribution in [3.05, 3.63) is 52.0 Å². The molecule has 126 valence electrons. The zero-order chi connectivity index (χ0) is 16.9. The van der Waals surface area contributed by atoms with Gasteiger partial charge in [-0.2, -0.15) is 0 Å². The van der Waals surface area contributed by atoms with Crippen LogP contribution in [0.25, 0.3) is 0 Å². The van der Waals surface area contributed by atoms with Crippen LogP contribution in [-0.2, 0) is 6.42 Å². The van der Waals surface area contributed by atoms with Crippen molar-refractivity contribution in [3.63, 3.8) is 0 Å². The van der Waals surface area contributed by atoms with Gasteiger partial charge < -0.3 is 20.1 Å². The first-order chi connectivity index (χ1) is 11.6. The number of hydrogen-bond acceptors (Lipinski definition) is 3. The third-order valence-corrected chi connectivity index (χ3v) is 4.61. The predicted molar refractivity (Wildman–Crippen MR) is 97.0 cm³/mol. The van der Waals surface area contributed by atoms with E-state index in [0.29, 0.717) is 19.8 Å². The lowest BCUT2D eigenvalue weighted by Gasteiger charge is -2.18. The second-order valence-corrected chi connectivity index (χ2v) is 6.43. The summed E-state index contributed by atoms with van der Waals surface area (Å²) in [6, 6.07) is 11.3. The predicted octanol–water partition coefficient (Wildman–Crippen LogP) is 3.89. The van der Waals surface area contributed by atoms with Crippen LogP contribution < -0.4 is 20.1 Å². The van der Waals surface area contributed by atoms with Crippen molar-refractivity contribution in [2.75, 3.05) is 25.1 Å². The average molecular weight is 391 g/mol. The van der Waals surface area contributed by atoms with Gasteiger partial charge in [-0.05, 0) is 54.8 Å². The molecule has 0 saturated heterocycles. The first kappa shape index (κ1) is 16.6. The van der Waals surface area contributed by atoms with Crippen molar-refractivity contribution >= 4 is 27.6 Å². The maximum atomic E-state index is 12.0. The van der Waals surface area contributed by atoms with Crippen LogP contribution in [0.1, 0.15) is 11.1 Å². The first-order valence-electron chi connectivity index (χ1n) is 7.81. The molecule has 0 aliphatic carbocycles. The number of carbonyl (C=O) groups is 1. The number of carbonyl (C=O) groups excluding carboxylic acids is 1. The molecule has 6 heteroatoms. The van der Waals surface area contributed by atoms with Crippen molar-refractivity contribution in [2.24, 2.45) is 0 Å². The summed E-state index contributed by atoms with van der Waals surface area (Å²) in [6.45, 7) is 3.68. The summed E-state index contributed by atoms with van der Waals surface area (Å²) in [7, 11) is 0. The third-order valence-electron chi connectivity index (χ3n) is 3.72. The van der Waals surface area contributed by atoms with Crippen molar-refractivity contribution in [1.82, 2.24) is 5.32 Å². The van der Waals surface area contributed by atoms with Gasteiger partial charge >= 0.3 is 6.03 Å². The van der Waals surface area contributed by atoms with Crippen LogP contribution in [0.15, 0.2) is 40.9 Å². The van der Waals surface area contributed by atoms with Gasteiger partial charge in [0.05, 0.1) is 0 Å². The summed E-state index contributed by atoms with van der Waals surface area (Å²) in [5.41, 5.74) is 2.94. The molecule has 5 nitrogen and oxygen atoms in total. The van der Waals surface area contributed by atoms with Gasteiger partial charge in [-0.3, -0.25) is 0 Å². The molecule has 2 N–H and O–H groups in total. The van der Waals surface area contributed by atoms with Gasteiger partial charge in [0.15, 0.2) is 11.5 Å². The molecule has 3 rings (SSSR count). The van der Waals surface area contributed by atoms with Gasteiger partial charge in [-0.1, -0.05) is 22.0 Å². The Kier molecular flexibility index (Phi) is 5.25. The lowest BCUT2D eigenvalue weighted by Crippen LogP contribution is -2.30. The quantitative estimate of drug-likeness (QED) is 0.832. The molecule has 1 heterocycles. The maximum Gasteiger partial charge on any atom is 0.319 e. The van der Waals surface area contributed by atoms with E-state index < -0.39 is 0 Å². The van der Waals surface area contributed by atoms with Crippen LogP contribution in [0.4, 0.5) is 10.5 Å². The molecule has 2 aromatic rings. The lowest BCUT2D eigenvalue weighted by atomic mass is 10.1. The normalized spacial score (nSPS) is 12.6. The molecule has 0 radical (unpaired) electrons. The number of benzene rings is 2. The van der Waals surface area contributed by atoms with E-state index in [1.54, 1.807) is 0 Å². The van der Waals surface area contributed by atoms with E-state index in [1.165, 1.54) is 0 Å². The molecule has 0 atom stereocenters. The Morgan fingerprint density at radius 2 is 1.92 bits per heavy atom. The number of anilines is 1. The van der Waals surface area contributed by atoms with E-state index in [0.717, 1.165) is 39.2 Å². The molecule has 0 spiro atoms. The molecule has 0 bridgehead atoms. The Morgan fingerprint density at radius 1 is 1.12 bits per heavy atom. The fraction of sp³-hybridized carbons (Fsp3) is 0.278. The number of rotatable bonds is 4. The summed E-state index contributed by atoms with van der Waals surface area (Å²) in [6.07, 6.45) is 0.726. The summed E-state index contributed by atoms with van der Waals surface area (Å²) in [5, 5.41) is 5.69. The Hall–Kier alpha value is -2.21. The van der Waals surface area contributed by atoms with Crippen molar-refractivity contribution < 1.29 is 14.3 Å². The number of hydrogen-bond donors (Lipinski definition) is 2. The molecule has 1 aliphatic rings. The standard InChI is InChI=1S/C18H19BrN2O3/c1-12-10-14(3-4-15(12)19)21-18(22)20-7-6-13-2-5-16-17(11-13)24-9-8-23-16/h2-5,10-11H,6-9H2,1H3,(H2,20,21,22). The number of fused-ring (bicyclic) bond motifs is 1. The SMILES string of the molecule is Cc1cc(NC(=O)NCCc2ccc3c(c2)OCCO3)ccc1Br. The molecular formula is C18H19BrN2O3. The molecule has 2 amide bonds. The minimum absolute atomic E-state index is 0.214. The molecular weight excluding hydrogens is 372 g/mol. The summed E-state index contributed by atoms with van der Waals surface area (Å²) < 4.78 is 12.1. The largest absolute Gasteiger partial charge is 0.486 e. The monoisotopic (exact) mass is 390 g/mol. The molecule has 24 heavy (non-hydrogen) atoms. The van der Waals surface area contributed by atoms with E-state index in [-0.39, 0.29) is 6.03 Å². The fourth-order valence-corrected chi connectivity index (χ4v) is 2.71. The third kappa shape index (κ3) is 4.20. The molecule has 0 aromatic heterocycles. The highest BCUT2D eigenvalue weighted by Crippen LogP contribution is 2.30. The number of halogens is 1. The zero-order valence-electron chi connectivity index (χ0n) is 13.4. The van der Waals surface area contributed by atoms with Gasteiger partial charge in [-0.15, -0.1) is 0 Å². The first-order valence-corrected chi connectivity index (χ1v) is 8.60. The second-order valence-electron chi connectivity index (χ2n) is 5.57. The minimum Gasteiger partial charge on any atom is -0.486 e. The van der Waals surface area contributed by atoms with Gasteiger partial charge in [0, 0.05) is 16.7 Å². The van der Waals surface area contributed by atoms with Crippen molar-refractivity contribution in [3.8, 4) is 11.5 Å². The van der Waals surface area contributed by atoms with Crippen molar-refractivity contribution in [1.29, 1.82) is 0 Å². The average Bonchev–Trinajstić information content (AvgIpc) is 2.58. The zero-order valence-corrected chi connectivity index (χ0v) is 15.0. The Balaban J connectivity index is 1.49. The number of urea groups is 1. The summed E-state index contributed by atoms with van der Waals surface area (Å²) in [4.78, 5) is 12.0. The van der Waals surface area contributed by atoms with E-state index in [1.807, 2.05) is 43.3 Å². The van der Waals surface area contributed by atoms with Gasteiger partial charge in [0.1, 0.15) is 13.2 Å². The minimum atomic E-state index is -0.214. The van der Waals surface area contributed by atoms with Crippen LogP contribution in [-0.4, -0.2) is 25.8 Å². The molecule has 0 fully saturated rings. The van der Waals surface area contributed by atoms with Crippen LogP contribution >= 0.6 is 15.9 Å². The van der Waals surface area contributed by atoms with Crippen LogP contribution in [0.2, 0.25) is 0 Å². The second kappa shape index (κ2) is 7.57. The van der Waals surface area contributed by atoms with E-state index in [2.05, 4.69) is 26.6 Å². The lowest BCUT2D eigenvalue weighted by molar-refractivity contribution is 0.171. The molecule has 1 aliphatic heterocycles.